The van der Waals surface area contributed by atoms with E-state index in [2.05, 4.69) is 20.4 Å². The number of rotatable bonds is 17. The maximum Gasteiger partial charge on any atom is 0.330 e. The molecule has 0 fully saturated rings. The zero-order valence-electron chi connectivity index (χ0n) is 15.8. The van der Waals surface area contributed by atoms with Crippen molar-refractivity contribution in [1.29, 1.82) is 0 Å². The van der Waals surface area contributed by atoms with Crippen LogP contribution in [0.25, 0.3) is 0 Å². The molecular weight excluding hydrogens is 284 g/mol. The van der Waals surface area contributed by atoms with Crippen molar-refractivity contribution in [1.82, 2.24) is 0 Å². The fourth-order valence-corrected chi connectivity index (χ4v) is 2.94. The number of hydrogen-bond acceptors (Lipinski definition) is 2. The van der Waals surface area contributed by atoms with Crippen LogP contribution in [0.2, 0.25) is 0 Å². The number of carbonyl (C=O) groups is 1. The van der Waals surface area contributed by atoms with E-state index in [9.17, 15) is 4.79 Å². The van der Waals surface area contributed by atoms with Gasteiger partial charge in [0.05, 0.1) is 0 Å². The summed E-state index contributed by atoms with van der Waals surface area (Å²) in [7, 11) is 0. The first-order valence-electron chi connectivity index (χ1n) is 10.1. The lowest BCUT2D eigenvalue weighted by Gasteiger charge is -2.16. The zero-order chi connectivity index (χ0) is 17.2. The number of unbranched alkanes of at least 4 members (excludes halogenated alkanes) is 11. The normalized spacial score (nSPS) is 12.1. The van der Waals surface area contributed by atoms with Gasteiger partial charge in [0.1, 0.15) is 6.10 Å². The van der Waals surface area contributed by atoms with Crippen LogP contribution in [0.1, 0.15) is 110 Å². The smallest absolute Gasteiger partial charge is 0.330 e. The fraction of sp³-hybridized carbons (Fsp3) is 0.857. The standard InChI is InChI=1S/C21H40O2/c1-4-7-9-10-11-12-13-14-15-16-17-19-20(18-8-5-2)23-21(22)6-3/h6,20H,3-5,7-19H2,1-2H3. The van der Waals surface area contributed by atoms with Crippen molar-refractivity contribution >= 4 is 5.97 Å². The van der Waals surface area contributed by atoms with Gasteiger partial charge in [-0.1, -0.05) is 97.5 Å². The van der Waals surface area contributed by atoms with Crippen LogP contribution in [0.4, 0.5) is 0 Å². The molecular formula is C21H40O2. The Hall–Kier alpha value is -0.790. The third-order valence-corrected chi connectivity index (χ3v) is 4.46. The second kappa shape index (κ2) is 17.6. The summed E-state index contributed by atoms with van der Waals surface area (Å²) < 4.78 is 5.44. The second-order valence-corrected chi connectivity index (χ2v) is 6.73. The summed E-state index contributed by atoms with van der Waals surface area (Å²) in [5.74, 6) is -0.269. The van der Waals surface area contributed by atoms with E-state index in [4.69, 9.17) is 4.74 Å². The van der Waals surface area contributed by atoms with Crippen LogP contribution in [0.3, 0.4) is 0 Å². The molecule has 2 heteroatoms. The van der Waals surface area contributed by atoms with Crippen molar-refractivity contribution < 1.29 is 9.53 Å². The van der Waals surface area contributed by atoms with Crippen molar-refractivity contribution in [3.63, 3.8) is 0 Å². The Kier molecular flexibility index (Phi) is 17.0. The Morgan fingerprint density at radius 2 is 1.22 bits per heavy atom. The Morgan fingerprint density at radius 3 is 1.70 bits per heavy atom. The van der Waals surface area contributed by atoms with Crippen molar-refractivity contribution in [3.8, 4) is 0 Å². The Morgan fingerprint density at radius 1 is 0.783 bits per heavy atom. The van der Waals surface area contributed by atoms with Crippen LogP contribution in [-0.4, -0.2) is 12.1 Å². The molecule has 2 nitrogen and oxygen atoms in total. The van der Waals surface area contributed by atoms with E-state index in [0.29, 0.717) is 0 Å². The molecule has 136 valence electrons. The molecule has 0 amide bonds. The average Bonchev–Trinajstić information content (AvgIpc) is 2.57. The van der Waals surface area contributed by atoms with Gasteiger partial charge in [0, 0.05) is 6.08 Å². The molecule has 0 radical (unpaired) electrons. The Balaban J connectivity index is 3.50. The highest BCUT2D eigenvalue weighted by atomic mass is 16.5. The Bertz CT molecular complexity index is 273. The number of carbonyl (C=O) groups excluding carboxylic acids is 1. The maximum atomic E-state index is 11.3. The average molecular weight is 325 g/mol. The molecule has 0 aliphatic heterocycles. The molecule has 0 saturated carbocycles. The molecule has 0 bridgehead atoms. The van der Waals surface area contributed by atoms with Gasteiger partial charge < -0.3 is 4.74 Å². The molecule has 0 aromatic carbocycles. The van der Waals surface area contributed by atoms with Crippen LogP contribution in [0.5, 0.6) is 0 Å². The number of ether oxygens (including phenoxy) is 1. The predicted molar refractivity (Wildman–Crippen MR) is 101 cm³/mol. The summed E-state index contributed by atoms with van der Waals surface area (Å²) in [5.41, 5.74) is 0. The molecule has 1 unspecified atom stereocenters. The van der Waals surface area contributed by atoms with Gasteiger partial charge >= 0.3 is 5.97 Å². The lowest BCUT2D eigenvalue weighted by Crippen LogP contribution is -2.16. The molecule has 0 aromatic heterocycles. The number of esters is 1. The van der Waals surface area contributed by atoms with E-state index in [-0.39, 0.29) is 12.1 Å². The monoisotopic (exact) mass is 324 g/mol. The van der Waals surface area contributed by atoms with Gasteiger partial charge in [0.2, 0.25) is 0 Å². The van der Waals surface area contributed by atoms with Crippen molar-refractivity contribution in [3.05, 3.63) is 12.7 Å². The summed E-state index contributed by atoms with van der Waals surface area (Å²) >= 11 is 0. The highest BCUT2D eigenvalue weighted by molar-refractivity contribution is 5.81. The first kappa shape index (κ1) is 22.2. The van der Waals surface area contributed by atoms with Gasteiger partial charge in [-0.05, 0) is 19.3 Å². The van der Waals surface area contributed by atoms with Gasteiger partial charge in [-0.2, -0.15) is 0 Å². The molecule has 0 rings (SSSR count). The molecule has 1 atom stereocenters. The summed E-state index contributed by atoms with van der Waals surface area (Å²) in [6.45, 7) is 7.93. The van der Waals surface area contributed by atoms with E-state index in [1.165, 1.54) is 76.7 Å². The topological polar surface area (TPSA) is 26.3 Å². The van der Waals surface area contributed by atoms with Gasteiger partial charge in [-0.3, -0.25) is 0 Å². The van der Waals surface area contributed by atoms with Gasteiger partial charge in [-0.25, -0.2) is 4.79 Å². The third-order valence-electron chi connectivity index (χ3n) is 4.46. The van der Waals surface area contributed by atoms with Gasteiger partial charge in [-0.15, -0.1) is 0 Å². The van der Waals surface area contributed by atoms with E-state index >= 15 is 0 Å². The molecule has 0 heterocycles. The molecule has 0 spiro atoms. The molecule has 23 heavy (non-hydrogen) atoms. The van der Waals surface area contributed by atoms with Crippen molar-refractivity contribution in [2.45, 2.75) is 116 Å². The third kappa shape index (κ3) is 15.9. The quantitative estimate of drug-likeness (QED) is 0.164. The van der Waals surface area contributed by atoms with E-state index < -0.39 is 0 Å². The first-order chi connectivity index (χ1) is 11.2. The first-order valence-corrected chi connectivity index (χ1v) is 10.1. The van der Waals surface area contributed by atoms with Crippen molar-refractivity contribution in [2.75, 3.05) is 0 Å². The molecule has 0 aliphatic rings. The van der Waals surface area contributed by atoms with E-state index in [1.54, 1.807) is 0 Å². The van der Waals surface area contributed by atoms with E-state index in [0.717, 1.165) is 25.7 Å². The van der Waals surface area contributed by atoms with Crippen LogP contribution in [0.15, 0.2) is 12.7 Å². The largest absolute Gasteiger partial charge is 0.459 e. The number of hydrogen-bond donors (Lipinski definition) is 0. The molecule has 0 N–H and O–H groups in total. The summed E-state index contributed by atoms with van der Waals surface area (Å²) in [6.07, 6.45) is 20.6. The van der Waals surface area contributed by atoms with Crippen molar-refractivity contribution in [2.24, 2.45) is 0 Å². The van der Waals surface area contributed by atoms with Crippen LogP contribution in [-0.2, 0) is 9.53 Å². The molecule has 0 saturated heterocycles. The fourth-order valence-electron chi connectivity index (χ4n) is 2.94. The van der Waals surface area contributed by atoms with Crippen LogP contribution >= 0.6 is 0 Å². The van der Waals surface area contributed by atoms with Gasteiger partial charge in [0.15, 0.2) is 0 Å². The minimum absolute atomic E-state index is 0.0963. The lowest BCUT2D eigenvalue weighted by atomic mass is 10.0. The SMILES string of the molecule is C=CC(=O)OC(CCCC)CCCCCCCCCCCCC. The highest BCUT2D eigenvalue weighted by Gasteiger charge is 2.11. The minimum atomic E-state index is -0.269. The highest BCUT2D eigenvalue weighted by Crippen LogP contribution is 2.16. The second-order valence-electron chi connectivity index (χ2n) is 6.73. The lowest BCUT2D eigenvalue weighted by molar-refractivity contribution is -0.143. The summed E-state index contributed by atoms with van der Waals surface area (Å²) in [5, 5.41) is 0. The zero-order valence-corrected chi connectivity index (χ0v) is 15.8. The predicted octanol–water partition coefficient (Wildman–Crippen LogP) is 6.98. The molecule has 0 aromatic rings. The minimum Gasteiger partial charge on any atom is -0.459 e. The summed E-state index contributed by atoms with van der Waals surface area (Å²) in [4.78, 5) is 11.3. The molecule has 0 aliphatic carbocycles. The van der Waals surface area contributed by atoms with Crippen LogP contribution in [0, 0.1) is 0 Å². The summed E-state index contributed by atoms with van der Waals surface area (Å²) in [6, 6.07) is 0. The maximum absolute atomic E-state index is 11.3. The van der Waals surface area contributed by atoms with Gasteiger partial charge in [0.25, 0.3) is 0 Å². The Labute approximate surface area is 145 Å². The van der Waals surface area contributed by atoms with E-state index in [1.807, 2.05) is 0 Å². The van der Waals surface area contributed by atoms with Crippen LogP contribution < -0.4 is 0 Å².